The van der Waals surface area contributed by atoms with Gasteiger partial charge in [0.15, 0.2) is 23.3 Å². The van der Waals surface area contributed by atoms with E-state index < -0.39 is 0 Å². The molecule has 0 N–H and O–H groups in total. The zero-order chi connectivity index (χ0) is 71.7. The van der Waals surface area contributed by atoms with Gasteiger partial charge in [0.25, 0.3) is 0 Å². The van der Waals surface area contributed by atoms with E-state index in [-0.39, 0.29) is 0 Å². The van der Waals surface area contributed by atoms with Gasteiger partial charge in [-0.2, -0.15) is 0 Å². The van der Waals surface area contributed by atoms with Crippen LogP contribution in [0.25, 0.3) is 201 Å². The molecule has 0 spiro atoms. The van der Waals surface area contributed by atoms with E-state index in [0.717, 1.165) is 177 Å². The van der Waals surface area contributed by atoms with E-state index in [1.807, 2.05) is 134 Å². The molecular weight excluding hydrogens is 1320 g/mol. The van der Waals surface area contributed by atoms with Crippen molar-refractivity contribution in [3.05, 3.63) is 370 Å². The van der Waals surface area contributed by atoms with Crippen molar-refractivity contribution >= 4 is 65.4 Å². The molecule has 0 amide bonds. The van der Waals surface area contributed by atoms with Gasteiger partial charge in [0.2, 0.25) is 0 Å². The minimum atomic E-state index is 0.629. The van der Waals surface area contributed by atoms with Crippen molar-refractivity contribution in [2.45, 2.75) is 0 Å². The Kier molecular flexibility index (Phi) is 16.7. The first-order valence-electron chi connectivity index (χ1n) is 35.8. The number of hydrogen-bond acceptors (Lipinski definition) is 11. The van der Waals surface area contributed by atoms with Crippen LogP contribution >= 0.6 is 0 Å². The average Bonchev–Trinajstić information content (AvgIpc) is 0.773. The lowest BCUT2D eigenvalue weighted by Crippen LogP contribution is -2.00. The van der Waals surface area contributed by atoms with Gasteiger partial charge < -0.3 is 0 Å². The highest BCUT2D eigenvalue weighted by Crippen LogP contribution is 2.37. The van der Waals surface area contributed by atoms with Gasteiger partial charge in [-0.15, -0.1) is 0 Å². The number of fused-ring (bicyclic) bond motifs is 6. The highest BCUT2D eigenvalue weighted by Gasteiger charge is 2.17. The first-order valence-corrected chi connectivity index (χ1v) is 35.8. The zero-order valence-electron chi connectivity index (χ0n) is 58.1. The lowest BCUT2D eigenvalue weighted by Gasteiger charge is -2.11. The molecule has 0 fully saturated rings. The molecule has 8 heterocycles. The Hall–Kier alpha value is -14.8. The molecule has 0 bridgehead atoms. The Morgan fingerprint density at radius 3 is 0.843 bits per heavy atom. The van der Waals surface area contributed by atoms with Gasteiger partial charge in [-0.25, -0.2) is 44.9 Å². The number of nitrogens with zero attached hydrogens (tertiary/aromatic N) is 11. The van der Waals surface area contributed by atoms with E-state index in [0.29, 0.717) is 23.3 Å². The summed E-state index contributed by atoms with van der Waals surface area (Å²) in [5, 5.41) is 6.52. The van der Waals surface area contributed by atoms with Crippen LogP contribution in [0.15, 0.2) is 370 Å². The van der Waals surface area contributed by atoms with Crippen molar-refractivity contribution in [2.75, 3.05) is 0 Å². The molecule has 11 nitrogen and oxygen atoms in total. The summed E-state index contributed by atoms with van der Waals surface area (Å²) in [4.78, 5) is 54.3. The van der Waals surface area contributed by atoms with E-state index >= 15 is 0 Å². The van der Waals surface area contributed by atoms with Gasteiger partial charge in [-0.05, 0) is 89.0 Å². The molecule has 20 aromatic rings. The first kappa shape index (κ1) is 64.1. The Labute approximate surface area is 622 Å². The molecule has 0 unspecified atom stereocenters. The zero-order valence-corrected chi connectivity index (χ0v) is 58.1. The van der Waals surface area contributed by atoms with E-state index in [4.69, 9.17) is 44.9 Å². The molecule has 0 aliphatic heterocycles. The summed E-state index contributed by atoms with van der Waals surface area (Å²) in [6.07, 6.45) is 3.66. The van der Waals surface area contributed by atoms with Gasteiger partial charge >= 0.3 is 0 Å². The quantitative estimate of drug-likeness (QED) is 0.115. The second-order valence-electron chi connectivity index (χ2n) is 26.6. The Morgan fingerprint density at radius 2 is 0.435 bits per heavy atom. The molecule has 108 heavy (non-hydrogen) atoms. The van der Waals surface area contributed by atoms with Crippen LogP contribution in [-0.4, -0.2) is 54.8 Å². The molecule has 0 saturated carbocycles. The Morgan fingerprint density at radius 1 is 0.148 bits per heavy atom. The van der Waals surface area contributed by atoms with E-state index in [1.165, 1.54) is 0 Å². The Balaban J connectivity index is 0.000000147. The lowest BCUT2D eigenvalue weighted by atomic mass is 10.00. The number of pyridine rings is 6. The van der Waals surface area contributed by atoms with Crippen LogP contribution in [0.1, 0.15) is 0 Å². The summed E-state index contributed by atoms with van der Waals surface area (Å²) in [5.41, 5.74) is 25.3. The van der Waals surface area contributed by atoms with Crippen LogP contribution < -0.4 is 0 Å². The maximum absolute atomic E-state index is 5.15. The minimum Gasteiger partial charge on any atom is -0.256 e. The molecule has 11 heteroatoms. The van der Waals surface area contributed by atoms with Crippen LogP contribution in [0.2, 0.25) is 0 Å². The number of hydrogen-bond donors (Lipinski definition) is 0. The number of rotatable bonds is 12. The minimum absolute atomic E-state index is 0.629. The van der Waals surface area contributed by atoms with Crippen molar-refractivity contribution in [3.63, 3.8) is 0 Å². The molecule has 0 aliphatic carbocycles. The standard InChI is InChI=1S/C49H31N5.C48H30N6/c1-3-9-33(10-4-1)46-31-47(54-49(53-46)38-11-5-2-6-12-38)34-18-16-32(17-19-34)39-22-20-35-24-26-42(51-44(35)29-39)40-23-21-36-25-27-43(52-45(36)30-40)41-15-7-13-37-14-8-28-50-48(37)41;1-3-9-35(10-4-1)46-52-47(36-11-5-2-6-12-36)54-48(53-46)37-20-16-31(17-21-37)38-22-18-32-24-26-41(50-43(32)29-38)39-23-19-33-25-27-42(51-44(33)30-39)40-15-7-13-34-14-8-28-49-45(34)40/h1-31H;1-30H. The maximum Gasteiger partial charge on any atom is 0.164 e. The molecule has 0 atom stereocenters. The molecule has 504 valence electrons. The summed E-state index contributed by atoms with van der Waals surface area (Å²) in [7, 11) is 0. The molecule has 0 radical (unpaired) electrons. The molecule has 0 aliphatic rings. The molecule has 20 rings (SSSR count). The fourth-order valence-corrected chi connectivity index (χ4v) is 14.0. The summed E-state index contributed by atoms with van der Waals surface area (Å²) < 4.78 is 0. The van der Waals surface area contributed by atoms with Gasteiger partial charge in [0.1, 0.15) is 0 Å². The van der Waals surface area contributed by atoms with Gasteiger partial charge in [0, 0.05) is 100 Å². The predicted molar refractivity (Wildman–Crippen MR) is 439 cm³/mol. The van der Waals surface area contributed by atoms with Crippen molar-refractivity contribution < 1.29 is 0 Å². The molecule has 0 saturated heterocycles. The third-order valence-corrected chi connectivity index (χ3v) is 19.7. The second kappa shape index (κ2) is 28.1. The highest BCUT2D eigenvalue weighted by atomic mass is 15.0. The van der Waals surface area contributed by atoms with Crippen LogP contribution in [0.5, 0.6) is 0 Å². The number of aromatic nitrogens is 11. The topological polar surface area (TPSA) is 142 Å². The Bertz CT molecular complexity index is 6250. The van der Waals surface area contributed by atoms with Gasteiger partial charge in [-0.1, -0.05) is 291 Å². The number of benzene rings is 12. The van der Waals surface area contributed by atoms with E-state index in [1.54, 1.807) is 0 Å². The smallest absolute Gasteiger partial charge is 0.164 e. The monoisotopic (exact) mass is 1380 g/mol. The van der Waals surface area contributed by atoms with Crippen molar-refractivity contribution in [3.8, 4) is 135 Å². The molecule has 8 aromatic heterocycles. The van der Waals surface area contributed by atoms with E-state index in [9.17, 15) is 0 Å². The normalized spacial score (nSPS) is 11.3. The van der Waals surface area contributed by atoms with Crippen LogP contribution in [0.4, 0.5) is 0 Å². The van der Waals surface area contributed by atoms with Gasteiger partial charge in [0.05, 0.1) is 67.3 Å². The fraction of sp³-hybridized carbons (Fsp3) is 0. The molecule has 12 aromatic carbocycles. The predicted octanol–water partition coefficient (Wildman–Crippen LogP) is 23.6. The third-order valence-electron chi connectivity index (χ3n) is 19.7. The maximum atomic E-state index is 5.15. The molecular formula is C97H61N11. The van der Waals surface area contributed by atoms with Gasteiger partial charge in [-0.3, -0.25) is 9.97 Å². The van der Waals surface area contributed by atoms with Crippen molar-refractivity contribution in [1.29, 1.82) is 0 Å². The summed E-state index contributed by atoms with van der Waals surface area (Å²) in [5.74, 6) is 2.62. The number of para-hydroxylation sites is 2. The van der Waals surface area contributed by atoms with Crippen molar-refractivity contribution in [2.24, 2.45) is 0 Å². The van der Waals surface area contributed by atoms with E-state index in [2.05, 4.69) is 247 Å². The summed E-state index contributed by atoms with van der Waals surface area (Å²) in [6.45, 7) is 0. The first-order chi connectivity index (χ1) is 53.4. The van der Waals surface area contributed by atoms with Crippen LogP contribution in [0.3, 0.4) is 0 Å². The largest absolute Gasteiger partial charge is 0.256 e. The summed E-state index contributed by atoms with van der Waals surface area (Å²) >= 11 is 0. The second-order valence-corrected chi connectivity index (χ2v) is 26.6. The average molecular weight is 1380 g/mol. The fourth-order valence-electron chi connectivity index (χ4n) is 14.0. The highest BCUT2D eigenvalue weighted by molar-refractivity contribution is 5.97. The lowest BCUT2D eigenvalue weighted by molar-refractivity contribution is 1.07. The third kappa shape index (κ3) is 13.0. The van der Waals surface area contributed by atoms with Crippen LogP contribution in [-0.2, 0) is 0 Å². The summed E-state index contributed by atoms with van der Waals surface area (Å²) in [6, 6.07) is 123. The van der Waals surface area contributed by atoms with Crippen LogP contribution in [0, 0.1) is 0 Å². The van der Waals surface area contributed by atoms with Crippen molar-refractivity contribution in [1.82, 2.24) is 54.8 Å². The SMILES string of the molecule is c1ccc(-c2cc(-c3ccc(-c4ccc5ccc(-c6ccc7ccc(-c8cccc9cccnc89)nc7c6)nc5c4)cc3)nc(-c3ccccc3)n2)cc1.c1ccc(-c2nc(-c3ccccc3)nc(-c3ccc(-c4ccc5ccc(-c6ccc7ccc(-c8cccc9cccnc89)nc7c6)nc5c4)cc3)n2)cc1.